The van der Waals surface area contributed by atoms with Crippen LogP contribution in [0.1, 0.15) is 6.42 Å². The van der Waals surface area contributed by atoms with Crippen LogP contribution >= 0.6 is 0 Å². The molecule has 15 heavy (non-hydrogen) atoms. The predicted molar refractivity (Wildman–Crippen MR) is 50.3 cm³/mol. The van der Waals surface area contributed by atoms with E-state index in [-0.39, 0.29) is 19.0 Å². The van der Waals surface area contributed by atoms with Crippen LogP contribution in [0.5, 0.6) is 0 Å². The molecule has 0 aliphatic carbocycles. The van der Waals surface area contributed by atoms with Gasteiger partial charge in [0, 0.05) is 19.6 Å². The lowest BCUT2D eigenvalue weighted by molar-refractivity contribution is -0.141. The van der Waals surface area contributed by atoms with E-state index in [1.165, 1.54) is 0 Å². The number of rotatable bonds is 1. The Kier molecular flexibility index (Phi) is 2.52. The molecule has 6 heteroatoms. The number of carbonyl (C=O) groups is 2. The summed E-state index contributed by atoms with van der Waals surface area (Å²) >= 11 is 0. The number of nitrogens with zero attached hydrogens (tertiary/aromatic N) is 2. The minimum Gasteiger partial charge on any atom is -0.465 e. The fourth-order valence-electron chi connectivity index (χ4n) is 1.96. The van der Waals surface area contributed by atoms with Gasteiger partial charge in [-0.25, -0.2) is 4.79 Å². The van der Waals surface area contributed by atoms with Gasteiger partial charge < -0.3 is 20.0 Å². The first-order chi connectivity index (χ1) is 7.09. The van der Waals surface area contributed by atoms with Crippen molar-refractivity contribution in [2.75, 3.05) is 26.2 Å². The summed E-state index contributed by atoms with van der Waals surface area (Å²) in [4.78, 5) is 25.2. The number of carbonyl (C=O) groups excluding carboxylic acids is 1. The predicted octanol–water partition coefficient (Wildman–Crippen LogP) is -0.811. The van der Waals surface area contributed by atoms with Gasteiger partial charge in [0.2, 0.25) is 5.91 Å². The lowest BCUT2D eigenvalue weighted by atomic mass is 10.0. The van der Waals surface area contributed by atoms with Crippen molar-refractivity contribution in [1.29, 1.82) is 0 Å². The third kappa shape index (κ3) is 1.77. The third-order valence-corrected chi connectivity index (χ3v) is 3.04. The first-order valence-electron chi connectivity index (χ1n) is 5.04. The van der Waals surface area contributed by atoms with Crippen LogP contribution in [0.3, 0.4) is 0 Å². The number of hydrogen-bond donors (Lipinski definition) is 2. The molecule has 0 saturated carbocycles. The van der Waals surface area contributed by atoms with Gasteiger partial charge in [-0.15, -0.1) is 0 Å². The highest BCUT2D eigenvalue weighted by Gasteiger charge is 2.41. The second-order valence-corrected chi connectivity index (χ2v) is 4.04. The van der Waals surface area contributed by atoms with Gasteiger partial charge in [0.05, 0.1) is 18.6 Å². The van der Waals surface area contributed by atoms with Gasteiger partial charge in [-0.2, -0.15) is 0 Å². The molecule has 2 heterocycles. The molecule has 0 spiro atoms. The molecule has 0 aromatic heterocycles. The number of hydrogen-bond acceptors (Lipinski definition) is 3. The molecule has 84 valence electrons. The monoisotopic (exact) mass is 214 g/mol. The molecule has 0 aromatic rings. The Morgan fingerprint density at radius 1 is 1.13 bits per heavy atom. The van der Waals surface area contributed by atoms with Gasteiger partial charge in [0.15, 0.2) is 0 Å². The Morgan fingerprint density at radius 2 is 1.80 bits per heavy atom. The molecule has 0 aromatic carbocycles. The fraction of sp³-hybridized carbons (Fsp3) is 0.778. The summed E-state index contributed by atoms with van der Waals surface area (Å²) in [6, 6.07) is 0. The van der Waals surface area contributed by atoms with Gasteiger partial charge in [0.25, 0.3) is 0 Å². The van der Waals surface area contributed by atoms with Crippen molar-refractivity contribution in [2.24, 2.45) is 5.92 Å². The summed E-state index contributed by atoms with van der Waals surface area (Å²) in [5, 5.41) is 18.3. The molecule has 2 N–H and O–H groups in total. The van der Waals surface area contributed by atoms with Crippen molar-refractivity contribution in [3.63, 3.8) is 0 Å². The molecule has 2 fully saturated rings. The van der Waals surface area contributed by atoms with E-state index < -0.39 is 18.1 Å². The summed E-state index contributed by atoms with van der Waals surface area (Å²) in [7, 11) is 0. The number of aliphatic hydroxyl groups excluding tert-OH is 1. The van der Waals surface area contributed by atoms with Gasteiger partial charge >= 0.3 is 6.09 Å². The molecular formula is C9H14N2O4. The maximum absolute atomic E-state index is 11.8. The highest BCUT2D eigenvalue weighted by molar-refractivity contribution is 5.81. The average Bonchev–Trinajstić information content (AvgIpc) is 2.44. The van der Waals surface area contributed by atoms with E-state index in [0.29, 0.717) is 0 Å². The Morgan fingerprint density at radius 3 is 2.20 bits per heavy atom. The number of amides is 2. The standard InChI is InChI=1S/C9H14N2O4/c12-7-5-11(9(14)15)4-6(7)8(13)10-2-1-3-10/h6-7,12H,1-5H2,(H,14,15). The zero-order chi connectivity index (χ0) is 11.0. The van der Waals surface area contributed by atoms with Crippen molar-refractivity contribution < 1.29 is 19.8 Å². The Bertz CT molecular complexity index is 290. The van der Waals surface area contributed by atoms with Gasteiger partial charge in [-0.3, -0.25) is 4.79 Å². The van der Waals surface area contributed by atoms with E-state index in [9.17, 15) is 14.7 Å². The molecule has 0 radical (unpaired) electrons. The largest absolute Gasteiger partial charge is 0.465 e. The van der Waals surface area contributed by atoms with E-state index in [4.69, 9.17) is 5.11 Å². The van der Waals surface area contributed by atoms with E-state index in [1.54, 1.807) is 4.90 Å². The van der Waals surface area contributed by atoms with Gasteiger partial charge in [0.1, 0.15) is 0 Å². The van der Waals surface area contributed by atoms with Gasteiger partial charge in [-0.05, 0) is 6.42 Å². The second-order valence-electron chi connectivity index (χ2n) is 4.04. The van der Waals surface area contributed by atoms with Crippen LogP contribution in [0.25, 0.3) is 0 Å². The summed E-state index contributed by atoms with van der Waals surface area (Å²) in [5.74, 6) is -0.682. The number of carboxylic acid groups (broad SMARTS) is 1. The molecule has 2 aliphatic heterocycles. The van der Waals surface area contributed by atoms with E-state index in [2.05, 4.69) is 0 Å². The van der Waals surface area contributed by atoms with Crippen molar-refractivity contribution >= 4 is 12.0 Å². The van der Waals surface area contributed by atoms with Gasteiger partial charge in [-0.1, -0.05) is 0 Å². The number of aliphatic hydroxyl groups is 1. The van der Waals surface area contributed by atoms with Crippen LogP contribution in [-0.4, -0.2) is 64.3 Å². The van der Waals surface area contributed by atoms with Crippen LogP contribution in [0.2, 0.25) is 0 Å². The lowest BCUT2D eigenvalue weighted by Gasteiger charge is -2.33. The fourth-order valence-corrected chi connectivity index (χ4v) is 1.96. The van der Waals surface area contributed by atoms with Crippen LogP contribution in [0.15, 0.2) is 0 Å². The zero-order valence-corrected chi connectivity index (χ0v) is 8.30. The van der Waals surface area contributed by atoms with Crippen LogP contribution in [-0.2, 0) is 4.79 Å². The first-order valence-corrected chi connectivity index (χ1v) is 5.04. The van der Waals surface area contributed by atoms with Crippen molar-refractivity contribution in [2.45, 2.75) is 12.5 Å². The van der Waals surface area contributed by atoms with Crippen molar-refractivity contribution in [3.05, 3.63) is 0 Å². The number of likely N-dealkylation sites (tertiary alicyclic amines) is 2. The number of β-amino-alcohol motifs (C(OH)–C–C–N with tert-alkyl or cyclic N) is 1. The average molecular weight is 214 g/mol. The minimum absolute atomic E-state index is 0.0413. The second kappa shape index (κ2) is 3.69. The Hall–Kier alpha value is -1.30. The molecule has 2 amide bonds. The third-order valence-electron chi connectivity index (χ3n) is 3.04. The first kappa shape index (κ1) is 10.2. The maximum Gasteiger partial charge on any atom is 0.407 e. The van der Waals surface area contributed by atoms with Crippen LogP contribution < -0.4 is 0 Å². The molecule has 2 rings (SSSR count). The summed E-state index contributed by atoms with van der Waals surface area (Å²) in [6.45, 7) is 1.62. The molecule has 2 unspecified atom stereocenters. The SMILES string of the molecule is O=C(O)N1CC(O)C(C(=O)N2CCC2)C1. The summed E-state index contributed by atoms with van der Waals surface area (Å²) in [5.41, 5.74) is 0. The molecule has 2 atom stereocenters. The van der Waals surface area contributed by atoms with E-state index in [0.717, 1.165) is 24.4 Å². The van der Waals surface area contributed by atoms with E-state index >= 15 is 0 Å². The van der Waals surface area contributed by atoms with Crippen molar-refractivity contribution in [1.82, 2.24) is 9.80 Å². The highest BCUT2D eigenvalue weighted by atomic mass is 16.4. The zero-order valence-electron chi connectivity index (χ0n) is 8.30. The van der Waals surface area contributed by atoms with E-state index in [1.807, 2.05) is 0 Å². The smallest absolute Gasteiger partial charge is 0.407 e. The topological polar surface area (TPSA) is 81.1 Å². The van der Waals surface area contributed by atoms with Crippen molar-refractivity contribution in [3.8, 4) is 0 Å². The Labute approximate surface area is 87.1 Å². The lowest BCUT2D eigenvalue weighted by Crippen LogP contribution is -2.47. The summed E-state index contributed by atoms with van der Waals surface area (Å²) < 4.78 is 0. The molecular weight excluding hydrogens is 200 g/mol. The van der Waals surface area contributed by atoms with Crippen LogP contribution in [0, 0.1) is 5.92 Å². The molecule has 0 bridgehead atoms. The Balaban J connectivity index is 1.97. The normalized spacial score (nSPS) is 30.2. The summed E-state index contributed by atoms with van der Waals surface area (Å²) in [6.07, 6.45) is -0.931. The van der Waals surface area contributed by atoms with Crippen LogP contribution in [0.4, 0.5) is 4.79 Å². The molecule has 2 aliphatic rings. The maximum atomic E-state index is 11.8. The quantitative estimate of drug-likeness (QED) is 0.598. The molecule has 2 saturated heterocycles. The highest BCUT2D eigenvalue weighted by Crippen LogP contribution is 2.21. The minimum atomic E-state index is -1.08. The molecule has 6 nitrogen and oxygen atoms in total.